The number of likely N-dealkylation sites (tertiary alicyclic amines) is 1. The topological polar surface area (TPSA) is 71.6 Å². The third-order valence-electron chi connectivity index (χ3n) is 4.64. The number of benzene rings is 1. The molecule has 24 heavy (non-hydrogen) atoms. The molecule has 1 N–H and O–H groups in total. The van der Waals surface area contributed by atoms with Crippen molar-refractivity contribution in [2.75, 3.05) is 26.7 Å². The van der Waals surface area contributed by atoms with Crippen molar-refractivity contribution in [1.82, 2.24) is 15.0 Å². The van der Waals surface area contributed by atoms with Crippen LogP contribution in [-0.2, 0) is 16.8 Å². The van der Waals surface area contributed by atoms with E-state index in [1.165, 1.54) is 0 Å². The smallest absolute Gasteiger partial charge is 0.258 e. The molecule has 1 fully saturated rings. The van der Waals surface area contributed by atoms with E-state index in [0.29, 0.717) is 24.7 Å². The van der Waals surface area contributed by atoms with Gasteiger partial charge in [0.25, 0.3) is 5.89 Å². The maximum Gasteiger partial charge on any atom is 0.258 e. The van der Waals surface area contributed by atoms with E-state index in [-0.39, 0.29) is 6.10 Å². The summed E-state index contributed by atoms with van der Waals surface area (Å²) < 4.78 is 11.3. The van der Waals surface area contributed by atoms with Crippen LogP contribution in [0.2, 0.25) is 0 Å². The minimum atomic E-state index is -0.517. The normalized spacial score (nSPS) is 19.3. The Hall–Kier alpha value is -1.76. The Labute approximate surface area is 142 Å². The number of nitrogens with zero attached hydrogens (tertiary/aromatic N) is 3. The maximum atomic E-state index is 9.54. The second-order valence-electron chi connectivity index (χ2n) is 6.53. The molecule has 1 saturated heterocycles. The number of methoxy groups -OCH3 is 1. The van der Waals surface area contributed by atoms with Gasteiger partial charge in [-0.1, -0.05) is 35.5 Å². The maximum absolute atomic E-state index is 9.54. The average molecular weight is 331 g/mol. The number of ether oxygens (including phenoxy) is 1. The zero-order valence-electron chi connectivity index (χ0n) is 14.3. The number of aliphatic hydroxyl groups excluding tert-OH is 1. The summed E-state index contributed by atoms with van der Waals surface area (Å²) >= 11 is 0. The monoisotopic (exact) mass is 331 g/mol. The van der Waals surface area contributed by atoms with Gasteiger partial charge in [0.15, 0.2) is 5.82 Å². The predicted molar refractivity (Wildman–Crippen MR) is 89.6 cm³/mol. The van der Waals surface area contributed by atoms with Crippen molar-refractivity contribution in [3.05, 3.63) is 47.6 Å². The number of hydrogen-bond acceptors (Lipinski definition) is 6. The second-order valence-corrected chi connectivity index (χ2v) is 6.53. The fraction of sp³-hybridized carbons (Fsp3) is 0.556. The van der Waals surface area contributed by atoms with Crippen molar-refractivity contribution in [2.24, 2.45) is 0 Å². The molecule has 3 rings (SSSR count). The van der Waals surface area contributed by atoms with Crippen molar-refractivity contribution in [1.29, 1.82) is 0 Å². The summed E-state index contributed by atoms with van der Waals surface area (Å²) in [5, 5.41) is 13.7. The molecule has 0 radical (unpaired) electrons. The van der Waals surface area contributed by atoms with Crippen molar-refractivity contribution >= 4 is 0 Å². The van der Waals surface area contributed by atoms with Crippen LogP contribution < -0.4 is 0 Å². The molecule has 1 aliphatic heterocycles. The average Bonchev–Trinajstić information content (AvgIpc) is 3.05. The lowest BCUT2D eigenvalue weighted by Crippen LogP contribution is -2.45. The molecule has 0 unspecified atom stereocenters. The van der Waals surface area contributed by atoms with Gasteiger partial charge in [0.1, 0.15) is 5.60 Å². The summed E-state index contributed by atoms with van der Waals surface area (Å²) in [7, 11) is 1.70. The minimum Gasteiger partial charge on any atom is -0.392 e. The first-order chi connectivity index (χ1) is 11.6. The minimum absolute atomic E-state index is 0.319. The van der Waals surface area contributed by atoms with Gasteiger partial charge in [-0.15, -0.1) is 0 Å². The summed E-state index contributed by atoms with van der Waals surface area (Å²) in [6, 6.07) is 10.1. The van der Waals surface area contributed by atoms with Gasteiger partial charge in [-0.2, -0.15) is 4.98 Å². The molecule has 0 bridgehead atoms. The van der Waals surface area contributed by atoms with Crippen LogP contribution in [0, 0.1) is 0 Å². The highest BCUT2D eigenvalue weighted by Crippen LogP contribution is 2.35. The van der Waals surface area contributed by atoms with E-state index in [0.717, 1.165) is 31.5 Å². The number of β-amino-alcohol motifs (C(OH)–C–C–N with tert-alkyl or cyclic N) is 1. The van der Waals surface area contributed by atoms with Gasteiger partial charge in [0, 0.05) is 33.2 Å². The van der Waals surface area contributed by atoms with Gasteiger partial charge in [-0.3, -0.25) is 0 Å². The largest absolute Gasteiger partial charge is 0.392 e. The van der Waals surface area contributed by atoms with E-state index in [1.54, 1.807) is 7.11 Å². The van der Waals surface area contributed by atoms with Crippen LogP contribution in [0.1, 0.15) is 37.0 Å². The molecule has 1 aliphatic rings. The summed E-state index contributed by atoms with van der Waals surface area (Å²) in [6.07, 6.45) is 1.89. The van der Waals surface area contributed by atoms with Gasteiger partial charge in [0.2, 0.25) is 0 Å². The zero-order valence-corrected chi connectivity index (χ0v) is 14.3. The number of hydrogen-bond donors (Lipinski definition) is 1. The lowest BCUT2D eigenvalue weighted by atomic mass is 9.90. The molecule has 1 aromatic carbocycles. The fourth-order valence-corrected chi connectivity index (χ4v) is 3.27. The third-order valence-corrected chi connectivity index (χ3v) is 4.64. The third kappa shape index (κ3) is 3.83. The first-order valence-electron chi connectivity index (χ1n) is 8.44. The van der Waals surface area contributed by atoms with Crippen LogP contribution in [0.25, 0.3) is 0 Å². The quantitative estimate of drug-likeness (QED) is 0.873. The van der Waals surface area contributed by atoms with Crippen molar-refractivity contribution in [3.63, 3.8) is 0 Å². The fourth-order valence-electron chi connectivity index (χ4n) is 3.27. The van der Waals surface area contributed by atoms with Crippen LogP contribution in [0.15, 0.2) is 34.9 Å². The molecule has 0 amide bonds. The zero-order chi connectivity index (χ0) is 17.0. The number of rotatable bonds is 6. The van der Waals surface area contributed by atoms with E-state index >= 15 is 0 Å². The molecular formula is C18H25N3O3. The molecule has 0 aliphatic carbocycles. The van der Waals surface area contributed by atoms with E-state index in [4.69, 9.17) is 9.26 Å². The first kappa shape index (κ1) is 17.1. The van der Waals surface area contributed by atoms with E-state index in [9.17, 15) is 5.11 Å². The molecule has 130 valence electrons. The Morgan fingerprint density at radius 2 is 2.00 bits per heavy atom. The summed E-state index contributed by atoms with van der Waals surface area (Å²) in [6.45, 7) is 4.18. The van der Waals surface area contributed by atoms with Crippen LogP contribution >= 0.6 is 0 Å². The van der Waals surface area contributed by atoms with Gasteiger partial charge in [-0.05, 0) is 25.3 Å². The summed E-state index contributed by atoms with van der Waals surface area (Å²) in [4.78, 5) is 6.83. The van der Waals surface area contributed by atoms with Gasteiger partial charge >= 0.3 is 0 Å². The van der Waals surface area contributed by atoms with Crippen molar-refractivity contribution in [2.45, 2.75) is 37.9 Å². The molecule has 6 heteroatoms. The molecule has 2 aromatic rings. The lowest BCUT2D eigenvalue weighted by molar-refractivity contribution is -0.0859. The molecule has 2 heterocycles. The molecule has 0 spiro atoms. The number of piperidine rings is 1. The lowest BCUT2D eigenvalue weighted by Gasteiger charge is -2.38. The number of aliphatic hydroxyl groups is 1. The van der Waals surface area contributed by atoms with E-state index in [1.807, 2.05) is 25.1 Å². The highest BCUT2D eigenvalue weighted by Gasteiger charge is 2.41. The second kappa shape index (κ2) is 7.42. The van der Waals surface area contributed by atoms with Crippen LogP contribution in [-0.4, -0.2) is 53.0 Å². The first-order valence-corrected chi connectivity index (χ1v) is 8.44. The van der Waals surface area contributed by atoms with Crippen LogP contribution in [0.3, 0.4) is 0 Å². The Kier molecular flexibility index (Phi) is 5.28. The van der Waals surface area contributed by atoms with E-state index < -0.39 is 5.60 Å². The molecule has 1 aromatic heterocycles. The van der Waals surface area contributed by atoms with E-state index in [2.05, 4.69) is 27.2 Å². The Balaban J connectivity index is 1.68. The van der Waals surface area contributed by atoms with Gasteiger partial charge < -0.3 is 19.3 Å². The standard InChI is InChI=1S/C18H25N3O3/c1-14(22)13-21-10-8-18(23-2,9-11-21)17-19-16(20-24-17)12-15-6-4-3-5-7-15/h3-7,14,22H,8-13H2,1-2H3/t14-/m0/s1. The van der Waals surface area contributed by atoms with Crippen molar-refractivity contribution in [3.8, 4) is 0 Å². The molecule has 6 nitrogen and oxygen atoms in total. The predicted octanol–water partition coefficient (Wildman–Crippen LogP) is 1.98. The van der Waals surface area contributed by atoms with Gasteiger partial charge in [-0.25, -0.2) is 0 Å². The van der Waals surface area contributed by atoms with Crippen molar-refractivity contribution < 1.29 is 14.4 Å². The SMILES string of the molecule is COC1(c2nc(Cc3ccccc3)no2)CCN(C[C@H](C)O)CC1. The summed E-state index contributed by atoms with van der Waals surface area (Å²) in [5.74, 6) is 1.24. The Morgan fingerprint density at radius 3 is 2.62 bits per heavy atom. The summed E-state index contributed by atoms with van der Waals surface area (Å²) in [5.41, 5.74) is 0.639. The molecule has 0 saturated carbocycles. The van der Waals surface area contributed by atoms with Gasteiger partial charge in [0.05, 0.1) is 6.10 Å². The Morgan fingerprint density at radius 1 is 1.29 bits per heavy atom. The van der Waals surface area contributed by atoms with Crippen LogP contribution in [0.4, 0.5) is 0 Å². The number of aromatic nitrogens is 2. The van der Waals surface area contributed by atoms with Crippen LogP contribution in [0.5, 0.6) is 0 Å². The highest BCUT2D eigenvalue weighted by atomic mass is 16.5. The Bertz CT molecular complexity index is 634. The highest BCUT2D eigenvalue weighted by molar-refractivity contribution is 5.18. The molecule has 1 atom stereocenters. The molecular weight excluding hydrogens is 306 g/mol.